The number of hydrogen-bond donors (Lipinski definition) is 4. The second-order valence-corrected chi connectivity index (χ2v) is 16.6. The van der Waals surface area contributed by atoms with Crippen LogP contribution in [0, 0.1) is 0 Å². The van der Waals surface area contributed by atoms with E-state index < -0.39 is 8.32 Å². The van der Waals surface area contributed by atoms with E-state index in [0.29, 0.717) is 18.5 Å². The van der Waals surface area contributed by atoms with Crippen LogP contribution in [0.25, 0.3) is 0 Å². The number of nitrogens with one attached hydrogen (secondary N) is 2. The first kappa shape index (κ1) is 30.6. The van der Waals surface area contributed by atoms with Crippen LogP contribution in [0.1, 0.15) is 56.1 Å². The van der Waals surface area contributed by atoms with Gasteiger partial charge in [0, 0.05) is 23.8 Å². The minimum Gasteiger partial charge on any atom is -0.508 e. The fourth-order valence-electron chi connectivity index (χ4n) is 4.20. The lowest BCUT2D eigenvalue weighted by Crippen LogP contribution is -2.44. The summed E-state index contributed by atoms with van der Waals surface area (Å²) in [6.45, 7) is 13.6. The van der Waals surface area contributed by atoms with Gasteiger partial charge in [-0.3, -0.25) is 4.79 Å². The minimum atomic E-state index is -2.09. The maximum absolute atomic E-state index is 12.5. The predicted molar refractivity (Wildman–Crippen MR) is 161 cm³/mol. The maximum Gasteiger partial charge on any atom is 0.228 e. The number of carbonyl (C=O) groups excluding carboxylic acids is 1. The highest BCUT2D eigenvalue weighted by molar-refractivity contribution is 6.74. The van der Waals surface area contributed by atoms with Crippen LogP contribution in [-0.4, -0.2) is 37.0 Å². The molecule has 0 fully saturated rings. The van der Waals surface area contributed by atoms with Crippen molar-refractivity contribution in [2.24, 2.45) is 0 Å². The molecule has 7 heteroatoms. The summed E-state index contributed by atoms with van der Waals surface area (Å²) >= 11 is 0. The van der Waals surface area contributed by atoms with E-state index in [-0.39, 0.29) is 35.4 Å². The van der Waals surface area contributed by atoms with Crippen molar-refractivity contribution < 1.29 is 19.4 Å². The Hall–Kier alpha value is -2.97. The van der Waals surface area contributed by atoms with E-state index in [2.05, 4.69) is 63.6 Å². The highest BCUT2D eigenvalue weighted by Gasteiger charge is 2.39. The Balaban J connectivity index is 1.66. The van der Waals surface area contributed by atoms with Crippen molar-refractivity contribution in [1.29, 1.82) is 0 Å². The maximum atomic E-state index is 12.5. The third kappa shape index (κ3) is 9.04. The molecule has 0 aliphatic carbocycles. The lowest BCUT2D eigenvalue weighted by atomic mass is 10.0. The zero-order valence-electron chi connectivity index (χ0n) is 24.1. The zero-order chi connectivity index (χ0) is 28.6. The molecular formula is C32H44N2O4Si. The summed E-state index contributed by atoms with van der Waals surface area (Å²) < 4.78 is 6.81. The number of rotatable bonds is 12. The quantitative estimate of drug-likeness (QED) is 0.198. The van der Waals surface area contributed by atoms with Crippen molar-refractivity contribution >= 4 is 19.9 Å². The average Bonchev–Trinajstić information content (AvgIpc) is 2.87. The molecule has 0 unspecified atom stereocenters. The molecule has 3 aromatic rings. The summed E-state index contributed by atoms with van der Waals surface area (Å²) in [4.78, 5) is 12.5. The van der Waals surface area contributed by atoms with Crippen LogP contribution in [0.2, 0.25) is 18.1 Å². The zero-order valence-corrected chi connectivity index (χ0v) is 25.1. The number of hydrogen-bond acceptors (Lipinski definition) is 5. The molecule has 4 N–H and O–H groups in total. The van der Waals surface area contributed by atoms with Crippen LogP contribution in [0.4, 0.5) is 5.69 Å². The first-order valence-electron chi connectivity index (χ1n) is 13.6. The summed E-state index contributed by atoms with van der Waals surface area (Å²) in [6, 6.07) is 23.2. The van der Waals surface area contributed by atoms with Gasteiger partial charge in [0.2, 0.25) is 5.91 Å². The Morgan fingerprint density at radius 1 is 0.974 bits per heavy atom. The topological polar surface area (TPSA) is 90.8 Å². The molecule has 210 valence electrons. The Labute approximate surface area is 234 Å². The molecular weight excluding hydrogens is 504 g/mol. The van der Waals surface area contributed by atoms with Gasteiger partial charge in [-0.25, -0.2) is 0 Å². The van der Waals surface area contributed by atoms with Gasteiger partial charge in [-0.1, -0.05) is 69.3 Å². The Morgan fingerprint density at radius 2 is 1.67 bits per heavy atom. The first-order valence-corrected chi connectivity index (χ1v) is 16.6. The van der Waals surface area contributed by atoms with E-state index in [1.165, 1.54) is 0 Å². The molecule has 1 amide bonds. The summed E-state index contributed by atoms with van der Waals surface area (Å²) in [5.41, 5.74) is 4.37. The minimum absolute atomic E-state index is 0.0358. The molecule has 0 saturated carbocycles. The number of aliphatic hydroxyl groups excluding tert-OH is 1. The van der Waals surface area contributed by atoms with Crippen molar-refractivity contribution in [1.82, 2.24) is 5.32 Å². The van der Waals surface area contributed by atoms with Gasteiger partial charge in [-0.2, -0.15) is 0 Å². The molecule has 0 radical (unpaired) electrons. The Kier molecular flexibility index (Phi) is 10.5. The van der Waals surface area contributed by atoms with Crippen LogP contribution in [-0.2, 0) is 28.7 Å². The van der Waals surface area contributed by atoms with E-state index in [1.54, 1.807) is 6.07 Å². The molecule has 0 aliphatic heterocycles. The van der Waals surface area contributed by atoms with Crippen molar-refractivity contribution in [3.63, 3.8) is 0 Å². The smallest absolute Gasteiger partial charge is 0.228 e. The normalized spacial score (nSPS) is 13.6. The molecule has 3 aromatic carbocycles. The highest BCUT2D eigenvalue weighted by Crippen LogP contribution is 2.40. The van der Waals surface area contributed by atoms with Gasteiger partial charge in [0.25, 0.3) is 0 Å². The standard InChI is InChI=1S/C32H44N2O4Si/c1-23(17-24-11-10-12-25(18-24)19-31(37)34-28-13-8-7-9-14-28)33-21-30(38-39(5,6)32(2,3)4)26-15-16-29(36)27(20-26)22-35/h7-16,18,20,23,30,33,35-36H,17,19,21-22H2,1-6H3,(H,34,37)/t23-,30-/m1/s1. The fourth-order valence-corrected chi connectivity index (χ4v) is 5.49. The molecule has 0 aliphatic rings. The molecule has 3 rings (SSSR count). The number of aliphatic hydroxyl groups is 1. The van der Waals surface area contributed by atoms with E-state index in [9.17, 15) is 15.0 Å². The molecule has 0 spiro atoms. The molecule has 0 heterocycles. The third-order valence-corrected chi connectivity index (χ3v) is 12.0. The van der Waals surface area contributed by atoms with E-state index in [0.717, 1.165) is 28.8 Å². The number of aromatic hydroxyl groups is 1. The number of anilines is 1. The average molecular weight is 549 g/mol. The highest BCUT2D eigenvalue weighted by atomic mass is 28.4. The second-order valence-electron chi connectivity index (χ2n) is 11.8. The fraction of sp³-hybridized carbons (Fsp3) is 0.406. The summed E-state index contributed by atoms with van der Waals surface area (Å²) in [6.07, 6.45) is 0.909. The van der Waals surface area contributed by atoms with Crippen LogP contribution in [0.15, 0.2) is 72.8 Å². The summed E-state index contributed by atoms with van der Waals surface area (Å²) in [5.74, 6) is 0.0530. The van der Waals surface area contributed by atoms with Gasteiger partial charge in [0.15, 0.2) is 8.32 Å². The largest absolute Gasteiger partial charge is 0.508 e. The van der Waals surface area contributed by atoms with Gasteiger partial charge < -0.3 is 25.3 Å². The van der Waals surface area contributed by atoms with Crippen LogP contribution in [0.5, 0.6) is 5.75 Å². The summed E-state index contributed by atoms with van der Waals surface area (Å²) in [5, 5.41) is 26.4. The summed E-state index contributed by atoms with van der Waals surface area (Å²) in [7, 11) is -2.09. The van der Waals surface area contributed by atoms with Crippen molar-refractivity contribution in [3.8, 4) is 5.75 Å². The third-order valence-electron chi connectivity index (χ3n) is 7.50. The number of amides is 1. The van der Waals surface area contributed by atoms with Crippen LogP contribution < -0.4 is 10.6 Å². The van der Waals surface area contributed by atoms with Gasteiger partial charge in [-0.15, -0.1) is 0 Å². The number of benzene rings is 3. The Bertz CT molecular complexity index is 1220. The molecule has 0 aromatic heterocycles. The Morgan fingerprint density at radius 3 is 2.33 bits per heavy atom. The van der Waals surface area contributed by atoms with Crippen molar-refractivity contribution in [2.75, 3.05) is 11.9 Å². The molecule has 2 atom stereocenters. The number of phenols is 1. The lowest BCUT2D eigenvalue weighted by Gasteiger charge is -2.40. The lowest BCUT2D eigenvalue weighted by molar-refractivity contribution is -0.115. The molecule has 6 nitrogen and oxygen atoms in total. The second kappa shape index (κ2) is 13.4. The molecule has 0 bridgehead atoms. The molecule has 39 heavy (non-hydrogen) atoms. The van der Waals surface area contributed by atoms with Gasteiger partial charge in [0.05, 0.1) is 19.1 Å². The van der Waals surface area contributed by atoms with E-state index in [4.69, 9.17) is 4.43 Å². The number of carbonyl (C=O) groups is 1. The van der Waals surface area contributed by atoms with Crippen LogP contribution >= 0.6 is 0 Å². The van der Waals surface area contributed by atoms with Crippen molar-refractivity contribution in [2.45, 2.75) is 77.4 Å². The van der Waals surface area contributed by atoms with Crippen molar-refractivity contribution in [3.05, 3.63) is 95.1 Å². The van der Waals surface area contributed by atoms with E-state index in [1.807, 2.05) is 54.6 Å². The predicted octanol–water partition coefficient (Wildman–Crippen LogP) is 6.35. The number of para-hydroxylation sites is 1. The van der Waals surface area contributed by atoms with Gasteiger partial charge >= 0.3 is 0 Å². The van der Waals surface area contributed by atoms with E-state index >= 15 is 0 Å². The first-order chi connectivity index (χ1) is 18.4. The van der Waals surface area contributed by atoms with Gasteiger partial charge in [0.1, 0.15) is 5.75 Å². The molecule has 0 saturated heterocycles. The van der Waals surface area contributed by atoms with Crippen LogP contribution in [0.3, 0.4) is 0 Å². The monoisotopic (exact) mass is 548 g/mol. The SMILES string of the molecule is C[C@H](Cc1cccc(CC(=O)Nc2ccccc2)c1)NC[C@@H](O[Si](C)(C)C(C)(C)C)c1ccc(O)c(CO)c1. The van der Waals surface area contributed by atoms with Gasteiger partial charge in [-0.05, 0) is 72.4 Å².